The molecule has 8 heteroatoms. The molecule has 2 aromatic rings. The number of amides is 1. The fraction of sp³-hybridized carbons (Fsp3) is 0.476. The molecule has 0 spiro atoms. The first-order chi connectivity index (χ1) is 14.1. The van der Waals surface area contributed by atoms with E-state index >= 15 is 0 Å². The Hall–Kier alpha value is -1.93. The molecule has 1 fully saturated rings. The number of aromatic nitrogens is 2. The Morgan fingerprint density at radius 1 is 1.28 bits per heavy atom. The highest BCUT2D eigenvalue weighted by atomic mass is 32.2. The summed E-state index contributed by atoms with van der Waals surface area (Å²) in [5.74, 6) is 2.70. The number of benzene rings is 1. The summed E-state index contributed by atoms with van der Waals surface area (Å²) >= 11 is 2.92. The molecule has 1 aromatic carbocycles. The number of likely N-dealkylation sites (tertiary alicyclic amines) is 1. The zero-order valence-electron chi connectivity index (χ0n) is 16.7. The zero-order valence-corrected chi connectivity index (χ0v) is 18.4. The maximum absolute atomic E-state index is 13.2. The van der Waals surface area contributed by atoms with Gasteiger partial charge in [-0.2, -0.15) is 0 Å². The van der Waals surface area contributed by atoms with Crippen LogP contribution in [0.5, 0.6) is 5.75 Å². The lowest BCUT2D eigenvalue weighted by Crippen LogP contribution is -2.39. The summed E-state index contributed by atoms with van der Waals surface area (Å²) in [7, 11) is 1.61. The standard InChI is InChI=1S/C21H25N3O3S2/c1-14-7-10-23(11-8-14)18(25)13-29-21-22-17-9-12-28-19(17)20(26)24(21)15-3-5-16(27-2)6-4-15/h3-6,14H,7-13H2,1-2H3. The summed E-state index contributed by atoms with van der Waals surface area (Å²) in [6.45, 7) is 3.87. The third-order valence-corrected chi connectivity index (χ3v) is 7.49. The first-order valence-corrected chi connectivity index (χ1v) is 11.9. The Morgan fingerprint density at radius 3 is 2.69 bits per heavy atom. The molecule has 0 bridgehead atoms. The van der Waals surface area contributed by atoms with E-state index in [9.17, 15) is 9.59 Å². The van der Waals surface area contributed by atoms with Crippen LogP contribution in [0.4, 0.5) is 0 Å². The lowest BCUT2D eigenvalue weighted by molar-refractivity contribution is -0.129. The number of carbonyl (C=O) groups is 1. The van der Waals surface area contributed by atoms with Crippen molar-refractivity contribution in [3.8, 4) is 11.4 Å². The molecule has 6 nitrogen and oxygen atoms in total. The van der Waals surface area contributed by atoms with E-state index in [0.717, 1.165) is 60.1 Å². The number of methoxy groups -OCH3 is 1. The summed E-state index contributed by atoms with van der Waals surface area (Å²) in [5, 5.41) is 0.583. The summed E-state index contributed by atoms with van der Waals surface area (Å²) in [5.41, 5.74) is 1.54. The molecule has 29 heavy (non-hydrogen) atoms. The molecule has 0 aliphatic carbocycles. The predicted octanol–water partition coefficient (Wildman–Crippen LogP) is 3.24. The van der Waals surface area contributed by atoms with Crippen molar-refractivity contribution in [1.82, 2.24) is 14.5 Å². The van der Waals surface area contributed by atoms with Gasteiger partial charge in [0.05, 0.1) is 29.1 Å². The van der Waals surface area contributed by atoms with Crippen LogP contribution in [-0.2, 0) is 11.2 Å². The van der Waals surface area contributed by atoms with Crippen LogP contribution < -0.4 is 10.3 Å². The van der Waals surface area contributed by atoms with E-state index in [1.807, 2.05) is 29.2 Å². The minimum atomic E-state index is -0.0515. The molecule has 2 aliphatic heterocycles. The van der Waals surface area contributed by atoms with E-state index in [2.05, 4.69) is 6.92 Å². The number of piperidine rings is 1. The monoisotopic (exact) mass is 431 g/mol. The average Bonchev–Trinajstić information content (AvgIpc) is 3.22. The van der Waals surface area contributed by atoms with E-state index in [1.54, 1.807) is 23.4 Å². The third kappa shape index (κ3) is 4.33. The molecule has 154 valence electrons. The van der Waals surface area contributed by atoms with Crippen LogP contribution in [0.3, 0.4) is 0 Å². The molecule has 0 atom stereocenters. The van der Waals surface area contributed by atoms with E-state index in [4.69, 9.17) is 9.72 Å². The molecule has 0 N–H and O–H groups in total. The van der Waals surface area contributed by atoms with Crippen molar-refractivity contribution in [2.75, 3.05) is 31.7 Å². The van der Waals surface area contributed by atoms with Crippen molar-refractivity contribution >= 4 is 29.4 Å². The first kappa shape index (κ1) is 20.3. The number of thioether (sulfide) groups is 2. The Balaban J connectivity index is 1.61. The summed E-state index contributed by atoms with van der Waals surface area (Å²) in [4.78, 5) is 33.3. The molecular weight excluding hydrogens is 406 g/mol. The molecule has 4 rings (SSSR count). The van der Waals surface area contributed by atoms with Crippen molar-refractivity contribution in [3.63, 3.8) is 0 Å². The van der Waals surface area contributed by atoms with Gasteiger partial charge < -0.3 is 9.64 Å². The van der Waals surface area contributed by atoms with Crippen molar-refractivity contribution < 1.29 is 9.53 Å². The Kier molecular flexibility index (Phi) is 6.20. The number of hydrogen-bond acceptors (Lipinski definition) is 6. The fourth-order valence-electron chi connectivity index (χ4n) is 3.62. The molecule has 0 radical (unpaired) electrons. The molecule has 0 unspecified atom stereocenters. The third-order valence-electron chi connectivity index (χ3n) is 5.46. The number of hydrogen-bond donors (Lipinski definition) is 0. The number of aryl methyl sites for hydroxylation is 1. The maximum Gasteiger partial charge on any atom is 0.272 e. The molecule has 1 amide bonds. The van der Waals surface area contributed by atoms with Crippen molar-refractivity contribution in [3.05, 3.63) is 40.3 Å². The van der Waals surface area contributed by atoms with E-state index in [-0.39, 0.29) is 11.5 Å². The van der Waals surface area contributed by atoms with Crippen LogP contribution in [0.25, 0.3) is 5.69 Å². The van der Waals surface area contributed by atoms with Gasteiger partial charge in [0.15, 0.2) is 5.16 Å². The van der Waals surface area contributed by atoms with Crippen molar-refractivity contribution in [2.24, 2.45) is 5.92 Å². The van der Waals surface area contributed by atoms with Crippen LogP contribution in [0, 0.1) is 5.92 Å². The predicted molar refractivity (Wildman–Crippen MR) is 117 cm³/mol. The molecular formula is C21H25N3O3S2. The highest BCUT2D eigenvalue weighted by molar-refractivity contribution is 8.00. The Bertz CT molecular complexity index is 951. The van der Waals surface area contributed by atoms with Crippen LogP contribution in [0.1, 0.15) is 25.5 Å². The summed E-state index contributed by atoms with van der Waals surface area (Å²) < 4.78 is 6.86. The van der Waals surface area contributed by atoms with Gasteiger partial charge in [-0.1, -0.05) is 18.7 Å². The SMILES string of the molecule is COc1ccc(-n2c(SCC(=O)N3CCC(C)CC3)nc3c(c2=O)SCC3)cc1. The lowest BCUT2D eigenvalue weighted by atomic mass is 9.99. The van der Waals surface area contributed by atoms with Gasteiger partial charge in [0, 0.05) is 25.3 Å². The van der Waals surface area contributed by atoms with Gasteiger partial charge in [-0.15, -0.1) is 11.8 Å². The van der Waals surface area contributed by atoms with Crippen molar-refractivity contribution in [2.45, 2.75) is 36.2 Å². The highest BCUT2D eigenvalue weighted by Crippen LogP contribution is 2.30. The zero-order chi connectivity index (χ0) is 20.4. The molecule has 1 aromatic heterocycles. The van der Waals surface area contributed by atoms with E-state index in [0.29, 0.717) is 16.8 Å². The van der Waals surface area contributed by atoms with Gasteiger partial charge in [-0.25, -0.2) is 4.98 Å². The second-order valence-corrected chi connectivity index (χ2v) is 9.51. The minimum absolute atomic E-state index is 0.0515. The maximum atomic E-state index is 13.2. The number of nitrogens with zero attached hydrogens (tertiary/aromatic N) is 3. The second kappa shape index (κ2) is 8.83. The van der Waals surface area contributed by atoms with Crippen LogP contribution in [0.2, 0.25) is 0 Å². The van der Waals surface area contributed by atoms with Gasteiger partial charge >= 0.3 is 0 Å². The smallest absolute Gasteiger partial charge is 0.272 e. The average molecular weight is 432 g/mol. The van der Waals surface area contributed by atoms with Gasteiger partial charge in [-0.3, -0.25) is 14.2 Å². The first-order valence-electron chi connectivity index (χ1n) is 9.90. The second-order valence-electron chi connectivity index (χ2n) is 7.46. The largest absolute Gasteiger partial charge is 0.497 e. The van der Waals surface area contributed by atoms with E-state index in [1.165, 1.54) is 11.8 Å². The molecule has 0 saturated carbocycles. The minimum Gasteiger partial charge on any atom is -0.497 e. The quantitative estimate of drug-likeness (QED) is 0.535. The Morgan fingerprint density at radius 2 is 2.00 bits per heavy atom. The number of rotatable bonds is 5. The lowest BCUT2D eigenvalue weighted by Gasteiger charge is -2.30. The summed E-state index contributed by atoms with van der Waals surface area (Å²) in [6.07, 6.45) is 2.91. The van der Waals surface area contributed by atoms with Gasteiger partial charge in [0.25, 0.3) is 5.56 Å². The van der Waals surface area contributed by atoms with E-state index < -0.39 is 0 Å². The normalized spacial score (nSPS) is 16.7. The Labute approximate surface area is 179 Å². The van der Waals surface area contributed by atoms with Crippen LogP contribution in [0.15, 0.2) is 39.1 Å². The van der Waals surface area contributed by atoms with Crippen LogP contribution >= 0.6 is 23.5 Å². The molecule has 1 saturated heterocycles. The summed E-state index contributed by atoms with van der Waals surface area (Å²) in [6, 6.07) is 7.37. The highest BCUT2D eigenvalue weighted by Gasteiger charge is 2.25. The van der Waals surface area contributed by atoms with Crippen molar-refractivity contribution in [1.29, 1.82) is 0 Å². The fourth-order valence-corrected chi connectivity index (χ4v) is 5.58. The number of ether oxygens (including phenoxy) is 1. The number of carbonyl (C=O) groups excluding carboxylic acids is 1. The number of fused-ring (bicyclic) bond motifs is 1. The van der Waals surface area contributed by atoms with Crippen LogP contribution in [-0.4, -0.2) is 52.1 Å². The molecule has 2 aliphatic rings. The van der Waals surface area contributed by atoms with Gasteiger partial charge in [-0.05, 0) is 43.0 Å². The topological polar surface area (TPSA) is 64.4 Å². The molecule has 3 heterocycles. The van der Waals surface area contributed by atoms with Gasteiger partial charge in [0.1, 0.15) is 5.75 Å². The van der Waals surface area contributed by atoms with Gasteiger partial charge in [0.2, 0.25) is 5.91 Å².